The van der Waals surface area contributed by atoms with E-state index in [1.807, 2.05) is 37.3 Å². The summed E-state index contributed by atoms with van der Waals surface area (Å²) in [7, 11) is 2.09. The molecular weight excluding hydrogens is 428 g/mol. The number of anilines is 1. The predicted octanol–water partition coefficient (Wildman–Crippen LogP) is 6.61. The highest BCUT2D eigenvalue weighted by Gasteiger charge is 2.37. The maximum Gasteiger partial charge on any atom is 0.293 e. The van der Waals surface area contributed by atoms with Crippen molar-refractivity contribution < 1.29 is 9.59 Å². The zero-order valence-electron chi connectivity index (χ0n) is 18.5. The molecule has 0 saturated carbocycles. The van der Waals surface area contributed by atoms with E-state index in [0.29, 0.717) is 15.8 Å². The first kappa shape index (κ1) is 22.0. The van der Waals surface area contributed by atoms with E-state index in [1.54, 1.807) is 6.08 Å². The van der Waals surface area contributed by atoms with E-state index < -0.39 is 0 Å². The summed E-state index contributed by atoms with van der Waals surface area (Å²) >= 11 is 7.60. The summed E-state index contributed by atoms with van der Waals surface area (Å²) in [6.45, 7) is 8.96. The van der Waals surface area contributed by atoms with Crippen LogP contribution in [0.2, 0.25) is 5.02 Å². The van der Waals surface area contributed by atoms with Crippen LogP contribution in [0, 0.1) is 6.92 Å². The number of carbonyl (C=O) groups excluding carboxylic acids is 2. The first-order valence-corrected chi connectivity index (χ1v) is 11.6. The van der Waals surface area contributed by atoms with Crippen molar-refractivity contribution in [1.82, 2.24) is 4.90 Å². The highest BCUT2D eigenvalue weighted by atomic mass is 35.5. The third-order valence-corrected chi connectivity index (χ3v) is 7.57. The normalized spacial score (nSPS) is 21.7. The van der Waals surface area contributed by atoms with Crippen LogP contribution in [0.3, 0.4) is 0 Å². The van der Waals surface area contributed by atoms with Gasteiger partial charge in [-0.05, 0) is 79.8 Å². The lowest BCUT2D eigenvalue weighted by Crippen LogP contribution is -2.45. The summed E-state index contributed by atoms with van der Waals surface area (Å²) in [4.78, 5) is 29.5. The smallest absolute Gasteiger partial charge is 0.293 e. The molecular formula is C25H27ClN2O2S. The van der Waals surface area contributed by atoms with Crippen LogP contribution in [0.15, 0.2) is 41.3 Å². The second-order valence-electron chi connectivity index (χ2n) is 9.17. The molecule has 0 N–H and O–H groups in total. The van der Waals surface area contributed by atoms with Crippen molar-refractivity contribution in [2.75, 3.05) is 11.9 Å². The van der Waals surface area contributed by atoms with Crippen molar-refractivity contribution in [3.8, 4) is 0 Å². The van der Waals surface area contributed by atoms with Gasteiger partial charge in [0.25, 0.3) is 11.1 Å². The molecule has 1 atom stereocenters. The Morgan fingerprint density at radius 1 is 1.23 bits per heavy atom. The molecule has 2 aliphatic heterocycles. The molecule has 2 aliphatic rings. The van der Waals surface area contributed by atoms with Crippen molar-refractivity contribution in [3.63, 3.8) is 0 Å². The first-order valence-electron chi connectivity index (χ1n) is 10.4. The number of halogens is 1. The molecule has 4 rings (SSSR count). The van der Waals surface area contributed by atoms with E-state index in [4.69, 9.17) is 11.6 Å². The van der Waals surface area contributed by atoms with Gasteiger partial charge in [-0.1, -0.05) is 48.4 Å². The van der Waals surface area contributed by atoms with Crippen molar-refractivity contribution in [2.24, 2.45) is 0 Å². The van der Waals surface area contributed by atoms with Gasteiger partial charge in [-0.25, -0.2) is 0 Å². The van der Waals surface area contributed by atoms with E-state index in [1.165, 1.54) is 10.5 Å². The van der Waals surface area contributed by atoms with Gasteiger partial charge in [-0.3, -0.25) is 14.5 Å². The van der Waals surface area contributed by atoms with Crippen molar-refractivity contribution >= 4 is 46.3 Å². The van der Waals surface area contributed by atoms with E-state index >= 15 is 0 Å². The fourth-order valence-electron chi connectivity index (χ4n) is 4.49. The lowest BCUT2D eigenvalue weighted by Gasteiger charge is -2.45. The minimum atomic E-state index is -0.267. The van der Waals surface area contributed by atoms with Crippen LogP contribution in [-0.4, -0.2) is 28.6 Å². The fourth-order valence-corrected chi connectivity index (χ4v) is 5.53. The zero-order chi connectivity index (χ0) is 22.5. The predicted molar refractivity (Wildman–Crippen MR) is 130 cm³/mol. The monoisotopic (exact) mass is 454 g/mol. The Morgan fingerprint density at radius 2 is 1.97 bits per heavy atom. The highest BCUT2D eigenvalue weighted by Crippen LogP contribution is 2.45. The minimum Gasteiger partial charge on any atom is -0.369 e. The molecule has 1 saturated heterocycles. The SMILES string of the molecule is Cc1cccc(CN2C(=O)S/C(=C/c3cc4c(cc3Cl)N(C)C(C)(C)CC4C)C2=O)c1. The van der Waals surface area contributed by atoms with Gasteiger partial charge in [0.1, 0.15) is 0 Å². The number of fused-ring (bicyclic) bond motifs is 1. The molecule has 1 fully saturated rings. The number of imide groups is 1. The molecule has 6 heteroatoms. The highest BCUT2D eigenvalue weighted by molar-refractivity contribution is 8.18. The van der Waals surface area contributed by atoms with Gasteiger partial charge in [0.2, 0.25) is 0 Å². The van der Waals surface area contributed by atoms with Crippen LogP contribution in [0.4, 0.5) is 10.5 Å². The molecule has 2 aromatic carbocycles. The molecule has 0 aliphatic carbocycles. The molecule has 1 unspecified atom stereocenters. The topological polar surface area (TPSA) is 40.6 Å². The summed E-state index contributed by atoms with van der Waals surface area (Å²) < 4.78 is 0. The standard InChI is InChI=1S/C25H27ClN2O2S/c1-15-7-6-8-17(9-15)14-28-23(29)22(31-24(28)30)11-18-10-19-16(2)13-25(3,4)27(5)21(19)12-20(18)26/h6-12,16H,13-14H2,1-5H3/b22-11+. The molecule has 0 bridgehead atoms. The van der Waals surface area contributed by atoms with Gasteiger partial charge in [0.15, 0.2) is 0 Å². The van der Waals surface area contributed by atoms with Crippen LogP contribution < -0.4 is 4.90 Å². The third kappa shape index (κ3) is 4.13. The number of benzene rings is 2. The zero-order valence-corrected chi connectivity index (χ0v) is 20.1. The molecule has 31 heavy (non-hydrogen) atoms. The number of carbonyl (C=O) groups is 2. The number of thioether (sulfide) groups is 1. The second kappa shape index (κ2) is 8.03. The summed E-state index contributed by atoms with van der Waals surface area (Å²) in [5.41, 5.74) is 5.21. The molecule has 2 amide bonds. The van der Waals surface area contributed by atoms with Crippen LogP contribution >= 0.6 is 23.4 Å². The van der Waals surface area contributed by atoms with Crippen molar-refractivity contribution in [1.29, 1.82) is 0 Å². The van der Waals surface area contributed by atoms with Gasteiger partial charge in [-0.2, -0.15) is 0 Å². The summed E-state index contributed by atoms with van der Waals surface area (Å²) in [6.07, 6.45) is 2.79. The van der Waals surface area contributed by atoms with Crippen molar-refractivity contribution in [2.45, 2.75) is 52.1 Å². The Bertz CT molecular complexity index is 1110. The second-order valence-corrected chi connectivity index (χ2v) is 10.6. The number of nitrogens with zero attached hydrogens (tertiary/aromatic N) is 2. The molecule has 2 aromatic rings. The summed E-state index contributed by atoms with van der Waals surface area (Å²) in [6, 6.07) is 11.9. The average Bonchev–Trinajstić information content (AvgIpc) is 2.94. The quantitative estimate of drug-likeness (QED) is 0.489. The van der Waals surface area contributed by atoms with Gasteiger partial charge >= 0.3 is 0 Å². The Morgan fingerprint density at radius 3 is 2.68 bits per heavy atom. The number of hydrogen-bond acceptors (Lipinski definition) is 4. The van der Waals surface area contributed by atoms with Gasteiger partial charge < -0.3 is 4.90 Å². The Balaban J connectivity index is 1.64. The summed E-state index contributed by atoms with van der Waals surface area (Å²) in [5.74, 6) is 0.110. The molecule has 0 radical (unpaired) electrons. The Hall–Kier alpha value is -2.24. The maximum absolute atomic E-state index is 13.0. The lowest BCUT2D eigenvalue weighted by molar-refractivity contribution is -0.123. The molecule has 2 heterocycles. The van der Waals surface area contributed by atoms with Crippen LogP contribution in [0.25, 0.3) is 6.08 Å². The third-order valence-electron chi connectivity index (χ3n) is 6.34. The largest absolute Gasteiger partial charge is 0.369 e. The average molecular weight is 455 g/mol. The fraction of sp³-hybridized carbons (Fsp3) is 0.360. The van der Waals surface area contributed by atoms with Gasteiger partial charge in [-0.15, -0.1) is 0 Å². The number of rotatable bonds is 3. The van der Waals surface area contributed by atoms with Gasteiger partial charge in [0, 0.05) is 23.3 Å². The summed E-state index contributed by atoms with van der Waals surface area (Å²) in [5, 5.41) is 0.336. The Kier molecular flexibility index (Phi) is 5.69. The van der Waals surface area contributed by atoms with Gasteiger partial charge in [0.05, 0.1) is 11.4 Å². The molecule has 0 aromatic heterocycles. The minimum absolute atomic E-state index is 0.0513. The molecule has 162 valence electrons. The van der Waals surface area contributed by atoms with Crippen LogP contribution in [-0.2, 0) is 11.3 Å². The first-order chi connectivity index (χ1) is 14.6. The number of amides is 2. The number of hydrogen-bond donors (Lipinski definition) is 0. The van der Waals surface area contributed by atoms with Crippen LogP contribution in [0.1, 0.15) is 55.4 Å². The van der Waals surface area contributed by atoms with E-state index in [2.05, 4.69) is 38.8 Å². The molecule has 4 nitrogen and oxygen atoms in total. The van der Waals surface area contributed by atoms with E-state index in [9.17, 15) is 9.59 Å². The van der Waals surface area contributed by atoms with Crippen LogP contribution in [0.5, 0.6) is 0 Å². The van der Waals surface area contributed by atoms with Crippen molar-refractivity contribution in [3.05, 3.63) is 68.6 Å². The molecule has 0 spiro atoms. The number of aryl methyl sites for hydroxylation is 1. The maximum atomic E-state index is 13.0. The lowest BCUT2D eigenvalue weighted by atomic mass is 9.80. The van der Waals surface area contributed by atoms with E-state index in [0.717, 1.165) is 40.6 Å². The van der Waals surface area contributed by atoms with E-state index in [-0.39, 0.29) is 23.2 Å². The Labute approximate surface area is 193 Å².